The minimum Gasteiger partial charge on any atom is -0.481 e. The van der Waals surface area contributed by atoms with Crippen molar-refractivity contribution >= 4 is 17.5 Å². The van der Waals surface area contributed by atoms with Crippen molar-refractivity contribution in [3.05, 3.63) is 35.8 Å². The van der Waals surface area contributed by atoms with Gasteiger partial charge in [-0.15, -0.1) is 0 Å². The van der Waals surface area contributed by atoms with Gasteiger partial charge in [0, 0.05) is 12.7 Å². The number of aliphatic carboxylic acids is 1. The van der Waals surface area contributed by atoms with Gasteiger partial charge in [-0.25, -0.2) is 4.98 Å². The number of carboxylic acids is 1. The van der Waals surface area contributed by atoms with Crippen LogP contribution in [0.5, 0.6) is 0 Å². The van der Waals surface area contributed by atoms with Crippen molar-refractivity contribution in [2.75, 3.05) is 6.54 Å². The van der Waals surface area contributed by atoms with Crippen LogP contribution in [0.15, 0.2) is 24.4 Å². The highest BCUT2D eigenvalue weighted by atomic mass is 16.4. The first-order chi connectivity index (χ1) is 13.8. The Morgan fingerprint density at radius 2 is 1.79 bits per heavy atom. The summed E-state index contributed by atoms with van der Waals surface area (Å²) in [5.74, 6) is 1.53. The molecule has 6 nitrogen and oxygen atoms in total. The van der Waals surface area contributed by atoms with Gasteiger partial charge in [-0.1, -0.05) is 6.07 Å². The number of amides is 1. The maximum atomic E-state index is 13.1. The fourth-order valence-electron chi connectivity index (χ4n) is 6.47. The molecule has 0 atom stereocenters. The van der Waals surface area contributed by atoms with E-state index in [9.17, 15) is 14.7 Å². The highest BCUT2D eigenvalue weighted by molar-refractivity contribution is 5.93. The van der Waals surface area contributed by atoms with Gasteiger partial charge < -0.3 is 10.4 Å². The van der Waals surface area contributed by atoms with Crippen molar-refractivity contribution in [1.82, 2.24) is 14.7 Å². The van der Waals surface area contributed by atoms with Gasteiger partial charge in [0.15, 0.2) is 0 Å². The number of carbonyl (C=O) groups is 2. The molecular weight excluding hydrogens is 366 g/mol. The van der Waals surface area contributed by atoms with E-state index in [1.807, 2.05) is 0 Å². The monoisotopic (exact) mass is 395 g/mol. The zero-order valence-corrected chi connectivity index (χ0v) is 17.1. The molecule has 6 rings (SSSR count). The average molecular weight is 396 g/mol. The summed E-state index contributed by atoms with van der Waals surface area (Å²) in [5.41, 5.74) is 0.720. The second-order valence-electron chi connectivity index (χ2n) is 10.3. The van der Waals surface area contributed by atoms with Crippen molar-refractivity contribution < 1.29 is 14.7 Å². The molecule has 4 aliphatic rings. The zero-order valence-electron chi connectivity index (χ0n) is 17.1. The molecule has 2 aromatic rings. The van der Waals surface area contributed by atoms with Crippen LogP contribution in [-0.2, 0) is 10.2 Å². The Hall–Kier alpha value is -2.37. The van der Waals surface area contributed by atoms with E-state index in [1.165, 1.54) is 38.5 Å². The van der Waals surface area contributed by atoms with Crippen molar-refractivity contribution in [2.24, 2.45) is 23.2 Å². The molecule has 0 aliphatic heterocycles. The number of hydrogen-bond donors (Lipinski definition) is 2. The van der Waals surface area contributed by atoms with Crippen LogP contribution in [0.25, 0.3) is 5.65 Å². The molecule has 154 valence electrons. The molecule has 0 unspecified atom stereocenters. The number of carbonyl (C=O) groups excluding carboxylic acids is 1. The highest BCUT2D eigenvalue weighted by Crippen LogP contribution is 2.59. The van der Waals surface area contributed by atoms with Crippen molar-refractivity contribution in [1.29, 1.82) is 0 Å². The smallest absolute Gasteiger partial charge is 0.315 e. The maximum Gasteiger partial charge on any atom is 0.315 e. The lowest BCUT2D eigenvalue weighted by atomic mass is 9.49. The van der Waals surface area contributed by atoms with E-state index in [2.05, 4.69) is 10.3 Å². The Morgan fingerprint density at radius 1 is 1.17 bits per heavy atom. The lowest BCUT2D eigenvalue weighted by Gasteiger charge is -2.56. The first-order valence-electron chi connectivity index (χ1n) is 10.8. The van der Waals surface area contributed by atoms with Crippen LogP contribution in [-0.4, -0.2) is 32.9 Å². The molecule has 0 spiro atoms. The van der Waals surface area contributed by atoms with Crippen LogP contribution >= 0.6 is 0 Å². The lowest BCUT2D eigenvalue weighted by molar-refractivity contribution is -0.142. The predicted octanol–water partition coefficient (Wildman–Crippen LogP) is 3.64. The Labute approximate surface area is 170 Å². The molecule has 4 aliphatic carbocycles. The van der Waals surface area contributed by atoms with E-state index >= 15 is 0 Å². The quantitative estimate of drug-likeness (QED) is 0.810. The first-order valence-corrected chi connectivity index (χ1v) is 10.8. The topological polar surface area (TPSA) is 83.7 Å². The van der Waals surface area contributed by atoms with Crippen LogP contribution in [0.4, 0.5) is 0 Å². The minimum absolute atomic E-state index is 0.108. The SMILES string of the molecule is CC(C)(C(=O)O)c1cn2c(C(=O)NCC34CC5CC(CC(C5)C3)C4)cccc2n1. The van der Waals surface area contributed by atoms with Crippen molar-refractivity contribution in [3.8, 4) is 0 Å². The molecule has 1 amide bonds. The van der Waals surface area contributed by atoms with Gasteiger partial charge in [-0.05, 0) is 87.7 Å². The number of carboxylic acid groups (broad SMARTS) is 1. The molecule has 0 saturated heterocycles. The Bertz CT molecular complexity index is 955. The standard InChI is InChI=1S/C23H29N3O3/c1-22(2,21(28)29)18-12-26-17(4-3-5-19(26)25-18)20(27)24-13-23-9-14-6-15(10-23)8-16(7-14)11-23/h3-5,12,14-16H,6-11,13H2,1-2H3,(H,24,27)(H,28,29). The number of nitrogens with zero attached hydrogens (tertiary/aromatic N) is 2. The Balaban J connectivity index is 1.37. The van der Waals surface area contributed by atoms with Crippen LogP contribution in [0, 0.1) is 23.2 Å². The molecule has 6 heteroatoms. The van der Waals surface area contributed by atoms with Gasteiger partial charge in [0.1, 0.15) is 16.8 Å². The van der Waals surface area contributed by atoms with Crippen LogP contribution < -0.4 is 5.32 Å². The largest absolute Gasteiger partial charge is 0.481 e. The van der Waals surface area contributed by atoms with E-state index in [0.29, 0.717) is 17.0 Å². The van der Waals surface area contributed by atoms with Crippen molar-refractivity contribution in [3.63, 3.8) is 0 Å². The summed E-state index contributed by atoms with van der Waals surface area (Å²) in [6.45, 7) is 4.00. The summed E-state index contributed by atoms with van der Waals surface area (Å²) in [6, 6.07) is 5.39. The van der Waals surface area contributed by atoms with Crippen LogP contribution in [0.2, 0.25) is 0 Å². The van der Waals surface area contributed by atoms with E-state index in [4.69, 9.17) is 0 Å². The predicted molar refractivity (Wildman–Crippen MR) is 109 cm³/mol. The third-order valence-corrected chi connectivity index (χ3v) is 7.69. The van der Waals surface area contributed by atoms with Gasteiger partial charge in [-0.3, -0.25) is 14.0 Å². The number of aromatic nitrogens is 2. The van der Waals surface area contributed by atoms with Gasteiger partial charge in [-0.2, -0.15) is 0 Å². The number of rotatable bonds is 5. The summed E-state index contributed by atoms with van der Waals surface area (Å²) in [6.07, 6.45) is 9.63. The second kappa shape index (κ2) is 6.31. The van der Waals surface area contributed by atoms with Gasteiger partial charge in [0.2, 0.25) is 0 Å². The second-order valence-corrected chi connectivity index (χ2v) is 10.3. The summed E-state index contributed by atoms with van der Waals surface area (Å²) in [5, 5.41) is 12.7. The lowest BCUT2D eigenvalue weighted by Crippen LogP contribution is -2.51. The zero-order chi connectivity index (χ0) is 20.4. The number of hydrogen-bond acceptors (Lipinski definition) is 3. The molecule has 2 N–H and O–H groups in total. The summed E-state index contributed by atoms with van der Waals surface area (Å²) in [7, 11) is 0. The molecule has 0 aromatic carbocycles. The van der Waals surface area contributed by atoms with Crippen LogP contribution in [0.1, 0.15) is 68.6 Å². The molecule has 2 aromatic heterocycles. The van der Waals surface area contributed by atoms with E-state index in [-0.39, 0.29) is 11.3 Å². The average Bonchev–Trinajstić information content (AvgIpc) is 3.10. The Morgan fingerprint density at radius 3 is 2.38 bits per heavy atom. The highest BCUT2D eigenvalue weighted by Gasteiger charge is 2.50. The van der Waals surface area contributed by atoms with Gasteiger partial charge >= 0.3 is 5.97 Å². The summed E-state index contributed by atoms with van der Waals surface area (Å²) >= 11 is 0. The third kappa shape index (κ3) is 3.04. The third-order valence-electron chi connectivity index (χ3n) is 7.69. The fraction of sp³-hybridized carbons (Fsp3) is 0.609. The Kier molecular flexibility index (Phi) is 4.06. The number of pyridine rings is 1. The minimum atomic E-state index is -1.11. The molecule has 4 fully saturated rings. The van der Waals surface area contributed by atoms with Crippen LogP contribution in [0.3, 0.4) is 0 Å². The molecule has 4 bridgehead atoms. The summed E-state index contributed by atoms with van der Waals surface area (Å²) in [4.78, 5) is 29.1. The van der Waals surface area contributed by atoms with Gasteiger partial charge in [0.25, 0.3) is 5.91 Å². The fourth-order valence-corrected chi connectivity index (χ4v) is 6.47. The van der Waals surface area contributed by atoms with E-state index < -0.39 is 11.4 Å². The summed E-state index contributed by atoms with van der Waals surface area (Å²) < 4.78 is 1.72. The number of fused-ring (bicyclic) bond motifs is 1. The van der Waals surface area contributed by atoms with Gasteiger partial charge in [0.05, 0.1) is 5.69 Å². The van der Waals surface area contributed by atoms with E-state index in [0.717, 1.165) is 24.3 Å². The molecule has 0 radical (unpaired) electrons. The normalized spacial score (nSPS) is 30.6. The molecular formula is C23H29N3O3. The first kappa shape index (κ1) is 18.6. The van der Waals surface area contributed by atoms with Crippen molar-refractivity contribution in [2.45, 2.75) is 57.8 Å². The van der Waals surface area contributed by atoms with E-state index in [1.54, 1.807) is 42.6 Å². The molecule has 2 heterocycles. The number of nitrogens with one attached hydrogen (secondary N) is 1. The maximum absolute atomic E-state index is 13.1. The molecule has 29 heavy (non-hydrogen) atoms. The molecule has 4 saturated carbocycles. The number of imidazole rings is 1.